The van der Waals surface area contributed by atoms with Crippen LogP contribution in [0, 0.1) is 5.82 Å². The molecule has 6 nitrogen and oxygen atoms in total. The second-order valence-electron chi connectivity index (χ2n) is 6.54. The quantitative estimate of drug-likeness (QED) is 0.734. The van der Waals surface area contributed by atoms with Gasteiger partial charge in [-0.3, -0.25) is 9.78 Å². The van der Waals surface area contributed by atoms with Gasteiger partial charge >= 0.3 is 5.69 Å². The zero-order valence-corrected chi connectivity index (χ0v) is 15.7. The predicted octanol–water partition coefficient (Wildman–Crippen LogP) is 2.64. The summed E-state index contributed by atoms with van der Waals surface area (Å²) in [5, 5.41) is 0.329. The number of hydrogen-bond donors (Lipinski definition) is 1. The number of aromatic amines is 1. The van der Waals surface area contributed by atoms with Crippen LogP contribution in [0.2, 0.25) is 5.02 Å². The summed E-state index contributed by atoms with van der Waals surface area (Å²) in [5.41, 5.74) is 0.330. The van der Waals surface area contributed by atoms with Crippen molar-refractivity contribution < 1.29 is 4.39 Å². The lowest BCUT2D eigenvalue weighted by Crippen LogP contribution is -2.48. The minimum Gasteiger partial charge on any atom is -0.368 e. The molecular formula is C20H18ClFN4O2. The van der Waals surface area contributed by atoms with Gasteiger partial charge in [0.2, 0.25) is 0 Å². The van der Waals surface area contributed by atoms with Crippen LogP contribution in [0.15, 0.2) is 64.2 Å². The van der Waals surface area contributed by atoms with Crippen LogP contribution in [-0.2, 0) is 0 Å². The summed E-state index contributed by atoms with van der Waals surface area (Å²) in [7, 11) is 0. The van der Waals surface area contributed by atoms with Crippen molar-refractivity contribution in [2.45, 2.75) is 0 Å². The first-order chi connectivity index (χ1) is 13.5. The van der Waals surface area contributed by atoms with Gasteiger partial charge in [0.05, 0.1) is 10.7 Å². The van der Waals surface area contributed by atoms with E-state index in [9.17, 15) is 14.0 Å². The van der Waals surface area contributed by atoms with Gasteiger partial charge in [-0.1, -0.05) is 23.7 Å². The van der Waals surface area contributed by atoms with Crippen LogP contribution in [0.1, 0.15) is 0 Å². The number of nitrogens with zero attached hydrogens (tertiary/aromatic N) is 3. The Morgan fingerprint density at radius 2 is 1.54 bits per heavy atom. The molecule has 28 heavy (non-hydrogen) atoms. The van der Waals surface area contributed by atoms with E-state index in [1.54, 1.807) is 36.4 Å². The third-order valence-electron chi connectivity index (χ3n) is 4.82. The highest BCUT2D eigenvalue weighted by molar-refractivity contribution is 6.32. The van der Waals surface area contributed by atoms with Crippen molar-refractivity contribution in [2.75, 3.05) is 36.0 Å². The van der Waals surface area contributed by atoms with Crippen LogP contribution in [0.5, 0.6) is 0 Å². The molecule has 2 aromatic carbocycles. The molecular weight excluding hydrogens is 383 g/mol. The number of para-hydroxylation sites is 1. The minimum absolute atomic E-state index is 0.265. The van der Waals surface area contributed by atoms with E-state index in [2.05, 4.69) is 9.88 Å². The Morgan fingerprint density at radius 1 is 0.893 bits per heavy atom. The summed E-state index contributed by atoms with van der Waals surface area (Å²) >= 11 is 6.12. The molecule has 1 aliphatic rings. The van der Waals surface area contributed by atoms with Gasteiger partial charge < -0.3 is 9.80 Å². The van der Waals surface area contributed by atoms with Gasteiger partial charge in [-0.05, 0) is 36.4 Å². The fraction of sp³-hybridized carbons (Fsp3) is 0.200. The van der Waals surface area contributed by atoms with Gasteiger partial charge in [-0.15, -0.1) is 0 Å². The molecule has 1 saturated heterocycles. The number of nitrogens with one attached hydrogen (secondary N) is 1. The Balaban J connectivity index is 1.55. The summed E-state index contributed by atoms with van der Waals surface area (Å²) < 4.78 is 14.1. The molecule has 1 N–H and O–H groups in total. The molecule has 2 heterocycles. The molecule has 0 atom stereocenters. The summed E-state index contributed by atoms with van der Waals surface area (Å²) in [6.07, 6.45) is 0. The van der Waals surface area contributed by atoms with Crippen LogP contribution < -0.4 is 21.0 Å². The lowest BCUT2D eigenvalue weighted by atomic mass is 10.2. The van der Waals surface area contributed by atoms with E-state index >= 15 is 0 Å². The van der Waals surface area contributed by atoms with E-state index in [1.807, 2.05) is 4.90 Å². The highest BCUT2D eigenvalue weighted by atomic mass is 35.5. The van der Waals surface area contributed by atoms with Crippen molar-refractivity contribution in [1.82, 2.24) is 9.55 Å². The van der Waals surface area contributed by atoms with Crippen molar-refractivity contribution in [3.8, 4) is 5.69 Å². The standard InChI is InChI=1S/C20H18ClFN4O2/c21-16-3-1-2-4-17(16)26-19(27)13-18(23-20(26)28)25-11-9-24(10-12-25)15-7-5-14(22)6-8-15/h1-8,13H,9-12H2,(H,23,28). The Hall–Kier alpha value is -3.06. The molecule has 0 amide bonds. The molecule has 1 aromatic heterocycles. The summed E-state index contributed by atoms with van der Waals surface area (Å²) in [5.74, 6) is 0.219. The molecule has 4 rings (SSSR count). The summed E-state index contributed by atoms with van der Waals surface area (Å²) in [4.78, 5) is 32.0. The van der Waals surface area contributed by atoms with Crippen molar-refractivity contribution in [1.29, 1.82) is 0 Å². The maximum atomic E-state index is 13.1. The molecule has 8 heteroatoms. The number of H-pyrrole nitrogens is 1. The van der Waals surface area contributed by atoms with E-state index < -0.39 is 11.2 Å². The zero-order valence-electron chi connectivity index (χ0n) is 14.9. The van der Waals surface area contributed by atoms with Crippen LogP contribution in [-0.4, -0.2) is 35.7 Å². The van der Waals surface area contributed by atoms with Gasteiger partial charge in [-0.2, -0.15) is 0 Å². The Labute approximate surface area is 165 Å². The monoisotopic (exact) mass is 400 g/mol. The molecule has 0 radical (unpaired) electrons. The van der Waals surface area contributed by atoms with Crippen molar-refractivity contribution >= 4 is 23.1 Å². The van der Waals surface area contributed by atoms with Gasteiger partial charge in [0, 0.05) is 37.9 Å². The average Bonchev–Trinajstić information content (AvgIpc) is 2.69. The number of halogens is 2. The van der Waals surface area contributed by atoms with E-state index in [0.29, 0.717) is 42.7 Å². The molecule has 0 spiro atoms. The SMILES string of the molecule is O=c1cc(N2CCN(c3ccc(F)cc3)CC2)[nH]c(=O)n1-c1ccccc1Cl. The number of hydrogen-bond acceptors (Lipinski definition) is 4. The van der Waals surface area contributed by atoms with E-state index in [-0.39, 0.29) is 5.82 Å². The maximum absolute atomic E-state index is 13.1. The minimum atomic E-state index is -0.531. The smallest absolute Gasteiger partial charge is 0.334 e. The van der Waals surface area contributed by atoms with Crippen molar-refractivity contribution in [3.05, 3.63) is 86.3 Å². The second kappa shape index (κ2) is 7.52. The number of benzene rings is 2. The lowest BCUT2D eigenvalue weighted by molar-refractivity contribution is 0.623. The molecule has 0 unspecified atom stereocenters. The normalized spacial score (nSPS) is 14.4. The van der Waals surface area contributed by atoms with Crippen LogP contribution in [0.25, 0.3) is 5.69 Å². The predicted molar refractivity (Wildman–Crippen MR) is 108 cm³/mol. The maximum Gasteiger partial charge on any atom is 0.334 e. The van der Waals surface area contributed by atoms with E-state index in [0.717, 1.165) is 10.3 Å². The van der Waals surface area contributed by atoms with Crippen LogP contribution in [0.3, 0.4) is 0 Å². The summed E-state index contributed by atoms with van der Waals surface area (Å²) in [6, 6.07) is 14.5. The van der Waals surface area contributed by atoms with E-state index in [4.69, 9.17) is 11.6 Å². The molecule has 0 saturated carbocycles. The molecule has 0 bridgehead atoms. The number of anilines is 2. The lowest BCUT2D eigenvalue weighted by Gasteiger charge is -2.36. The fourth-order valence-electron chi connectivity index (χ4n) is 3.37. The highest BCUT2D eigenvalue weighted by Crippen LogP contribution is 2.20. The summed E-state index contributed by atoms with van der Waals surface area (Å²) in [6.45, 7) is 2.65. The van der Waals surface area contributed by atoms with Gasteiger partial charge in [0.1, 0.15) is 11.6 Å². The third-order valence-corrected chi connectivity index (χ3v) is 5.14. The molecule has 0 aliphatic carbocycles. The van der Waals surface area contributed by atoms with E-state index in [1.165, 1.54) is 18.2 Å². The van der Waals surface area contributed by atoms with Gasteiger partial charge in [0.15, 0.2) is 0 Å². The Kier molecular flexibility index (Phi) is 4.92. The Bertz CT molecular complexity index is 1070. The average molecular weight is 401 g/mol. The highest BCUT2D eigenvalue weighted by Gasteiger charge is 2.20. The number of piperazine rings is 1. The molecule has 1 aliphatic heterocycles. The van der Waals surface area contributed by atoms with Crippen molar-refractivity contribution in [3.63, 3.8) is 0 Å². The van der Waals surface area contributed by atoms with Gasteiger partial charge in [0.25, 0.3) is 5.56 Å². The molecule has 144 valence electrons. The molecule has 3 aromatic rings. The Morgan fingerprint density at radius 3 is 2.18 bits per heavy atom. The second-order valence-corrected chi connectivity index (χ2v) is 6.94. The number of aromatic nitrogens is 2. The van der Waals surface area contributed by atoms with Gasteiger partial charge in [-0.25, -0.2) is 13.8 Å². The largest absolute Gasteiger partial charge is 0.368 e. The number of rotatable bonds is 3. The fourth-order valence-corrected chi connectivity index (χ4v) is 3.59. The van der Waals surface area contributed by atoms with Crippen LogP contribution in [0.4, 0.5) is 15.9 Å². The molecule has 1 fully saturated rings. The first-order valence-corrected chi connectivity index (χ1v) is 9.27. The third kappa shape index (κ3) is 3.53. The topological polar surface area (TPSA) is 61.3 Å². The van der Waals surface area contributed by atoms with Crippen molar-refractivity contribution in [2.24, 2.45) is 0 Å². The first kappa shape index (κ1) is 18.3. The zero-order chi connectivity index (χ0) is 19.7. The van der Waals surface area contributed by atoms with Crippen LogP contribution >= 0.6 is 11.6 Å². The first-order valence-electron chi connectivity index (χ1n) is 8.90.